The smallest absolute Gasteiger partial charge is 0.307 e. The van der Waals surface area contributed by atoms with Crippen molar-refractivity contribution in [2.24, 2.45) is 0 Å². The molecule has 0 N–H and O–H groups in total. The maximum Gasteiger partial charge on any atom is 0.307 e. The molecule has 19 heavy (non-hydrogen) atoms. The summed E-state index contributed by atoms with van der Waals surface area (Å²) in [6, 6.07) is 8.07. The first kappa shape index (κ1) is 13.9. The zero-order valence-corrected chi connectivity index (χ0v) is 12.4. The Morgan fingerprint density at radius 2 is 2.21 bits per heavy atom. The minimum atomic E-state index is -0.420. The van der Waals surface area contributed by atoms with Crippen LogP contribution in [0.5, 0.6) is 0 Å². The van der Waals surface area contributed by atoms with Gasteiger partial charge in [0.15, 0.2) is 0 Å². The Labute approximate surface area is 124 Å². The molecule has 2 aromatic heterocycles. The van der Waals surface area contributed by atoms with Crippen LogP contribution in [0.15, 0.2) is 40.9 Å². The summed E-state index contributed by atoms with van der Waals surface area (Å²) in [5, 5.41) is 2.24. The molecule has 0 saturated carbocycles. The van der Waals surface area contributed by atoms with E-state index < -0.39 is 5.97 Å². The van der Waals surface area contributed by atoms with E-state index in [9.17, 15) is 4.79 Å². The summed E-state index contributed by atoms with van der Waals surface area (Å²) in [6.45, 7) is 1.31. The van der Waals surface area contributed by atoms with Gasteiger partial charge in [-0.1, -0.05) is 17.7 Å². The van der Waals surface area contributed by atoms with Crippen LogP contribution in [0.25, 0.3) is 9.75 Å². The zero-order chi connectivity index (χ0) is 13.7. The molecule has 0 saturated heterocycles. The molecule has 0 amide bonds. The highest BCUT2D eigenvalue weighted by atomic mass is 35.5. The minimum absolute atomic E-state index is 0.196. The number of carbonyl (C=O) groups excluding carboxylic acids is 1. The maximum atomic E-state index is 10.6. The minimum Gasteiger partial charge on any atom is -0.432 e. The number of hydrogen-bond donors (Lipinski definition) is 0. The highest BCUT2D eigenvalue weighted by Gasteiger charge is 2.01. The summed E-state index contributed by atoms with van der Waals surface area (Å²) in [5.41, 5.74) is 0. The molecule has 2 nitrogen and oxygen atoms in total. The second kappa shape index (κ2) is 6.58. The second-order valence-corrected chi connectivity index (χ2v) is 5.91. The molecule has 0 aliphatic rings. The fourth-order valence-corrected chi connectivity index (χ4v) is 3.03. The molecule has 2 aromatic rings. The van der Waals surface area contributed by atoms with Crippen LogP contribution in [0.1, 0.15) is 11.8 Å². The SMILES string of the molecule is CC(=O)OC=C(Cl)C#Cc1ccc(-c2cccs2)s1. The Hall–Kier alpha value is -1.54. The van der Waals surface area contributed by atoms with Gasteiger partial charge in [0.25, 0.3) is 0 Å². The van der Waals surface area contributed by atoms with Crippen LogP contribution < -0.4 is 0 Å². The first-order chi connectivity index (χ1) is 9.15. The van der Waals surface area contributed by atoms with E-state index in [0.29, 0.717) is 0 Å². The number of esters is 1. The molecule has 0 aromatic carbocycles. The van der Waals surface area contributed by atoms with Crippen molar-refractivity contribution in [2.75, 3.05) is 0 Å². The number of hydrogen-bond acceptors (Lipinski definition) is 4. The third-order valence-electron chi connectivity index (χ3n) is 2.00. The molecule has 96 valence electrons. The van der Waals surface area contributed by atoms with Crippen LogP contribution >= 0.6 is 34.3 Å². The lowest BCUT2D eigenvalue weighted by Gasteiger charge is -1.89. The van der Waals surface area contributed by atoms with Crippen LogP contribution in [-0.2, 0) is 9.53 Å². The number of thiophene rings is 2. The van der Waals surface area contributed by atoms with Gasteiger partial charge in [-0.3, -0.25) is 4.79 Å². The fraction of sp³-hybridized carbons (Fsp3) is 0.0714. The number of halogens is 1. The van der Waals surface area contributed by atoms with Crippen molar-refractivity contribution in [3.8, 4) is 21.6 Å². The summed E-state index contributed by atoms with van der Waals surface area (Å²) in [7, 11) is 0. The van der Waals surface area contributed by atoms with Gasteiger partial charge in [0, 0.05) is 16.7 Å². The fourth-order valence-electron chi connectivity index (χ4n) is 1.24. The number of ether oxygens (including phenoxy) is 1. The topological polar surface area (TPSA) is 26.3 Å². The van der Waals surface area contributed by atoms with Gasteiger partial charge in [0.1, 0.15) is 11.3 Å². The van der Waals surface area contributed by atoms with Gasteiger partial charge in [-0.05, 0) is 35.4 Å². The molecule has 0 radical (unpaired) electrons. The van der Waals surface area contributed by atoms with E-state index >= 15 is 0 Å². The highest BCUT2D eigenvalue weighted by Crippen LogP contribution is 2.31. The molecule has 0 aliphatic heterocycles. The van der Waals surface area contributed by atoms with Crippen LogP contribution in [0.2, 0.25) is 0 Å². The van der Waals surface area contributed by atoms with E-state index in [1.54, 1.807) is 22.7 Å². The standard InChI is InChI=1S/C14H9ClO2S2/c1-10(16)17-9-11(15)4-5-12-6-7-14(19-12)13-3-2-8-18-13/h2-3,6-9H,1H3. The molecule has 0 aliphatic carbocycles. The summed E-state index contributed by atoms with van der Waals surface area (Å²) >= 11 is 9.09. The normalized spacial score (nSPS) is 10.7. The largest absolute Gasteiger partial charge is 0.432 e. The Kier molecular flexibility index (Phi) is 4.80. The quantitative estimate of drug-likeness (QED) is 0.465. The van der Waals surface area contributed by atoms with E-state index in [0.717, 1.165) is 11.1 Å². The lowest BCUT2D eigenvalue weighted by molar-refractivity contribution is -0.135. The lowest BCUT2D eigenvalue weighted by atomic mass is 10.3. The molecule has 0 unspecified atom stereocenters. The average molecular weight is 309 g/mol. The van der Waals surface area contributed by atoms with Crippen molar-refractivity contribution in [3.63, 3.8) is 0 Å². The first-order valence-electron chi connectivity index (χ1n) is 5.34. The first-order valence-corrected chi connectivity index (χ1v) is 7.41. The molecule has 0 fully saturated rings. The van der Waals surface area contributed by atoms with Crippen molar-refractivity contribution in [3.05, 3.63) is 45.8 Å². The predicted molar refractivity (Wildman–Crippen MR) is 80.2 cm³/mol. The monoisotopic (exact) mass is 308 g/mol. The van der Waals surface area contributed by atoms with Gasteiger partial charge in [-0.15, -0.1) is 22.7 Å². The molecule has 0 atom stereocenters. The van der Waals surface area contributed by atoms with Gasteiger partial charge in [-0.2, -0.15) is 0 Å². The van der Waals surface area contributed by atoms with Gasteiger partial charge >= 0.3 is 5.97 Å². The average Bonchev–Trinajstić information content (AvgIpc) is 3.03. The second-order valence-electron chi connectivity index (χ2n) is 3.47. The van der Waals surface area contributed by atoms with E-state index in [-0.39, 0.29) is 5.03 Å². The van der Waals surface area contributed by atoms with Crippen LogP contribution in [0, 0.1) is 11.8 Å². The zero-order valence-electron chi connectivity index (χ0n) is 9.98. The predicted octanol–water partition coefficient (Wildman–Crippen LogP) is 4.47. The van der Waals surface area contributed by atoms with Gasteiger partial charge < -0.3 is 4.74 Å². The van der Waals surface area contributed by atoms with Crippen molar-refractivity contribution in [1.82, 2.24) is 0 Å². The van der Waals surface area contributed by atoms with Gasteiger partial charge in [0.05, 0.1) is 4.88 Å². The maximum absolute atomic E-state index is 10.6. The summed E-state index contributed by atoms with van der Waals surface area (Å²) in [5.74, 6) is 5.24. The van der Waals surface area contributed by atoms with Gasteiger partial charge in [-0.25, -0.2) is 0 Å². The van der Waals surface area contributed by atoms with Crippen molar-refractivity contribution in [2.45, 2.75) is 6.92 Å². The van der Waals surface area contributed by atoms with Crippen molar-refractivity contribution >= 4 is 40.2 Å². The Morgan fingerprint density at radius 3 is 2.89 bits per heavy atom. The Balaban J connectivity index is 2.09. The van der Waals surface area contributed by atoms with Crippen molar-refractivity contribution < 1.29 is 9.53 Å². The highest BCUT2D eigenvalue weighted by molar-refractivity contribution is 7.21. The van der Waals surface area contributed by atoms with Crippen LogP contribution in [0.3, 0.4) is 0 Å². The number of carbonyl (C=O) groups is 1. The number of rotatable bonds is 2. The Morgan fingerprint density at radius 1 is 1.37 bits per heavy atom. The van der Waals surface area contributed by atoms with Crippen LogP contribution in [0.4, 0.5) is 0 Å². The Bertz CT molecular complexity index is 657. The van der Waals surface area contributed by atoms with E-state index in [1.165, 1.54) is 16.7 Å². The lowest BCUT2D eigenvalue weighted by Crippen LogP contribution is -1.89. The third kappa shape index (κ3) is 4.25. The van der Waals surface area contributed by atoms with E-state index in [4.69, 9.17) is 11.6 Å². The van der Waals surface area contributed by atoms with E-state index in [1.807, 2.05) is 23.6 Å². The van der Waals surface area contributed by atoms with Crippen molar-refractivity contribution in [1.29, 1.82) is 0 Å². The summed E-state index contributed by atoms with van der Waals surface area (Å²) < 4.78 is 4.63. The molecule has 0 spiro atoms. The molecule has 2 rings (SSSR count). The number of allylic oxidation sites excluding steroid dienone is 1. The third-order valence-corrected chi connectivity index (χ3v) is 4.25. The molecule has 0 bridgehead atoms. The molecule has 2 heterocycles. The van der Waals surface area contributed by atoms with Crippen LogP contribution in [-0.4, -0.2) is 5.97 Å². The summed E-state index contributed by atoms with van der Waals surface area (Å²) in [4.78, 5) is 13.9. The summed E-state index contributed by atoms with van der Waals surface area (Å²) in [6.07, 6.45) is 1.14. The molecular formula is C14H9ClO2S2. The molecular weight excluding hydrogens is 300 g/mol. The van der Waals surface area contributed by atoms with E-state index in [2.05, 4.69) is 22.6 Å². The van der Waals surface area contributed by atoms with Gasteiger partial charge in [0.2, 0.25) is 0 Å². The molecule has 5 heteroatoms.